The zero-order valence-electron chi connectivity index (χ0n) is 18.4. The van der Waals surface area contributed by atoms with E-state index in [-0.39, 0.29) is 6.42 Å². The first-order valence-corrected chi connectivity index (χ1v) is 12.5. The fraction of sp³-hybridized carbons (Fsp3) is 0.458. The molecule has 2 aliphatic rings. The SMILES string of the molecule is Cc1ccc(S(=O)(=O)N2CCN(Cc3cc(CC(=O)O)ccc3OCC3CC3)CC2)cc1. The van der Waals surface area contributed by atoms with Crippen molar-refractivity contribution in [3.05, 3.63) is 59.2 Å². The molecule has 172 valence electrons. The number of ether oxygens (including phenoxy) is 1. The topological polar surface area (TPSA) is 87.2 Å². The van der Waals surface area contributed by atoms with E-state index in [2.05, 4.69) is 4.90 Å². The summed E-state index contributed by atoms with van der Waals surface area (Å²) in [5, 5.41) is 9.14. The molecule has 1 N–H and O–H groups in total. The van der Waals surface area contributed by atoms with Crippen molar-refractivity contribution in [2.24, 2.45) is 5.92 Å². The molecule has 4 rings (SSSR count). The Morgan fingerprint density at radius 1 is 1.06 bits per heavy atom. The number of piperazine rings is 1. The molecule has 1 saturated carbocycles. The monoisotopic (exact) mass is 458 g/mol. The van der Waals surface area contributed by atoms with Crippen LogP contribution in [0.4, 0.5) is 0 Å². The van der Waals surface area contributed by atoms with Gasteiger partial charge in [-0.05, 0) is 49.4 Å². The highest BCUT2D eigenvalue weighted by Crippen LogP contribution is 2.31. The van der Waals surface area contributed by atoms with Gasteiger partial charge in [0, 0.05) is 38.3 Å². The van der Waals surface area contributed by atoms with Crippen LogP contribution in [-0.2, 0) is 27.8 Å². The van der Waals surface area contributed by atoms with Gasteiger partial charge in [0.25, 0.3) is 0 Å². The molecule has 2 aromatic rings. The molecule has 1 aliphatic heterocycles. The van der Waals surface area contributed by atoms with Gasteiger partial charge in [0.2, 0.25) is 10.0 Å². The zero-order valence-corrected chi connectivity index (χ0v) is 19.2. The van der Waals surface area contributed by atoms with Crippen molar-refractivity contribution >= 4 is 16.0 Å². The van der Waals surface area contributed by atoms with Gasteiger partial charge in [-0.2, -0.15) is 4.31 Å². The van der Waals surface area contributed by atoms with Gasteiger partial charge in [-0.25, -0.2) is 8.42 Å². The third-order valence-electron chi connectivity index (χ3n) is 6.04. The number of aliphatic carboxylic acids is 1. The van der Waals surface area contributed by atoms with Crippen molar-refractivity contribution in [2.75, 3.05) is 32.8 Å². The molecule has 1 saturated heterocycles. The molecule has 0 bridgehead atoms. The first-order chi connectivity index (χ1) is 15.3. The van der Waals surface area contributed by atoms with Crippen LogP contribution in [0.5, 0.6) is 5.75 Å². The molecule has 0 amide bonds. The highest BCUT2D eigenvalue weighted by atomic mass is 32.2. The zero-order chi connectivity index (χ0) is 22.7. The predicted octanol–water partition coefficient (Wildman–Crippen LogP) is 2.92. The van der Waals surface area contributed by atoms with Crippen LogP contribution >= 0.6 is 0 Å². The first-order valence-electron chi connectivity index (χ1n) is 11.1. The lowest BCUT2D eigenvalue weighted by molar-refractivity contribution is -0.136. The number of carbonyl (C=O) groups is 1. The largest absolute Gasteiger partial charge is 0.493 e. The number of rotatable bonds is 9. The van der Waals surface area contributed by atoms with Crippen molar-refractivity contribution in [2.45, 2.75) is 37.6 Å². The Kier molecular flexibility index (Phi) is 6.83. The van der Waals surface area contributed by atoms with Crippen LogP contribution in [0.25, 0.3) is 0 Å². The fourth-order valence-electron chi connectivity index (χ4n) is 3.90. The van der Waals surface area contributed by atoms with Crippen LogP contribution in [-0.4, -0.2) is 61.5 Å². The molecule has 1 aliphatic carbocycles. The van der Waals surface area contributed by atoms with Crippen molar-refractivity contribution in [1.82, 2.24) is 9.21 Å². The van der Waals surface area contributed by atoms with E-state index in [4.69, 9.17) is 9.84 Å². The molecule has 2 aromatic carbocycles. The van der Waals surface area contributed by atoms with Crippen molar-refractivity contribution in [3.63, 3.8) is 0 Å². The maximum atomic E-state index is 13.0. The summed E-state index contributed by atoms with van der Waals surface area (Å²) in [6.45, 7) is 5.28. The summed E-state index contributed by atoms with van der Waals surface area (Å²) >= 11 is 0. The van der Waals surface area contributed by atoms with E-state index < -0.39 is 16.0 Å². The molecule has 7 nitrogen and oxygen atoms in total. The summed E-state index contributed by atoms with van der Waals surface area (Å²) in [5.41, 5.74) is 2.73. The average molecular weight is 459 g/mol. The van der Waals surface area contributed by atoms with Crippen LogP contribution in [0.1, 0.15) is 29.5 Å². The number of sulfonamides is 1. The Morgan fingerprint density at radius 3 is 2.38 bits per heavy atom. The molecule has 0 unspecified atom stereocenters. The second-order valence-electron chi connectivity index (χ2n) is 8.76. The smallest absolute Gasteiger partial charge is 0.307 e. The van der Waals surface area contributed by atoms with Crippen LogP contribution in [0.3, 0.4) is 0 Å². The third-order valence-corrected chi connectivity index (χ3v) is 7.95. The van der Waals surface area contributed by atoms with Gasteiger partial charge in [0.15, 0.2) is 0 Å². The van der Waals surface area contributed by atoms with Crippen LogP contribution in [0.15, 0.2) is 47.4 Å². The molecular formula is C24H30N2O5S. The summed E-state index contributed by atoms with van der Waals surface area (Å²) in [7, 11) is -3.50. The second-order valence-corrected chi connectivity index (χ2v) is 10.7. The Morgan fingerprint density at radius 2 is 1.75 bits per heavy atom. The van der Waals surface area contributed by atoms with E-state index in [9.17, 15) is 13.2 Å². The normalized spacial score (nSPS) is 17.9. The number of carboxylic acids is 1. The lowest BCUT2D eigenvalue weighted by Gasteiger charge is -2.34. The van der Waals surface area contributed by atoms with Gasteiger partial charge in [-0.15, -0.1) is 0 Å². The Labute approximate surface area is 189 Å². The van der Waals surface area contributed by atoms with Gasteiger partial charge in [0.05, 0.1) is 17.9 Å². The van der Waals surface area contributed by atoms with E-state index in [1.165, 1.54) is 12.8 Å². The number of hydrogen-bond donors (Lipinski definition) is 1. The Bertz CT molecular complexity index is 1060. The minimum Gasteiger partial charge on any atom is -0.493 e. The molecular weight excluding hydrogens is 428 g/mol. The summed E-state index contributed by atoms with van der Waals surface area (Å²) in [4.78, 5) is 13.7. The number of benzene rings is 2. The lowest BCUT2D eigenvalue weighted by atomic mass is 10.1. The number of nitrogens with zero attached hydrogens (tertiary/aromatic N) is 2. The summed E-state index contributed by atoms with van der Waals surface area (Å²) < 4.78 is 33.5. The minimum absolute atomic E-state index is 0.0293. The van der Waals surface area contributed by atoms with E-state index in [1.807, 2.05) is 37.3 Å². The summed E-state index contributed by atoms with van der Waals surface area (Å²) in [5.74, 6) is 0.551. The van der Waals surface area contributed by atoms with Crippen molar-refractivity contribution in [1.29, 1.82) is 0 Å². The lowest BCUT2D eigenvalue weighted by Crippen LogP contribution is -2.48. The van der Waals surface area contributed by atoms with E-state index >= 15 is 0 Å². The van der Waals surface area contributed by atoms with Crippen LogP contribution < -0.4 is 4.74 Å². The third kappa shape index (κ3) is 5.68. The van der Waals surface area contributed by atoms with Crippen molar-refractivity contribution in [3.8, 4) is 5.75 Å². The van der Waals surface area contributed by atoms with Crippen LogP contribution in [0.2, 0.25) is 0 Å². The van der Waals surface area contributed by atoms with E-state index in [0.29, 0.717) is 50.1 Å². The minimum atomic E-state index is -3.50. The predicted molar refractivity (Wildman–Crippen MR) is 121 cm³/mol. The highest BCUT2D eigenvalue weighted by Gasteiger charge is 2.29. The van der Waals surface area contributed by atoms with E-state index in [0.717, 1.165) is 22.4 Å². The Hall–Kier alpha value is -2.42. The molecule has 0 spiro atoms. The fourth-order valence-corrected chi connectivity index (χ4v) is 5.32. The second kappa shape index (κ2) is 9.60. The summed E-state index contributed by atoms with van der Waals surface area (Å²) in [6, 6.07) is 12.5. The maximum absolute atomic E-state index is 13.0. The standard InChI is InChI=1S/C24H30N2O5S/c1-18-2-7-22(8-3-18)32(29,30)26-12-10-25(11-13-26)16-21-14-20(15-24(27)28)6-9-23(21)31-17-19-4-5-19/h2-3,6-9,14,19H,4-5,10-13,15-17H2,1H3,(H,27,28). The Balaban J connectivity index is 1.42. The average Bonchev–Trinajstić information content (AvgIpc) is 3.58. The van der Waals surface area contributed by atoms with E-state index in [1.54, 1.807) is 16.4 Å². The van der Waals surface area contributed by atoms with Gasteiger partial charge >= 0.3 is 5.97 Å². The molecule has 0 aromatic heterocycles. The highest BCUT2D eigenvalue weighted by molar-refractivity contribution is 7.89. The van der Waals surface area contributed by atoms with Crippen LogP contribution in [0, 0.1) is 12.8 Å². The molecule has 32 heavy (non-hydrogen) atoms. The number of aryl methyl sites for hydroxylation is 1. The summed E-state index contributed by atoms with van der Waals surface area (Å²) in [6.07, 6.45) is 2.37. The molecule has 8 heteroatoms. The van der Waals surface area contributed by atoms with Gasteiger partial charge < -0.3 is 9.84 Å². The van der Waals surface area contributed by atoms with Crippen molar-refractivity contribution < 1.29 is 23.1 Å². The molecule has 2 fully saturated rings. The van der Waals surface area contributed by atoms with Gasteiger partial charge in [-0.1, -0.05) is 29.8 Å². The molecule has 1 heterocycles. The van der Waals surface area contributed by atoms with Gasteiger partial charge in [0.1, 0.15) is 5.75 Å². The number of hydrogen-bond acceptors (Lipinski definition) is 5. The quantitative estimate of drug-likeness (QED) is 0.622. The molecule has 0 radical (unpaired) electrons. The number of carboxylic acid groups (broad SMARTS) is 1. The van der Waals surface area contributed by atoms with Gasteiger partial charge in [-0.3, -0.25) is 9.69 Å². The maximum Gasteiger partial charge on any atom is 0.307 e. The molecule has 0 atom stereocenters. The first kappa shape index (κ1) is 22.8.